The Hall–Kier alpha value is -1.78. The van der Waals surface area contributed by atoms with Crippen LogP contribution in [0.5, 0.6) is 5.75 Å². The molecular formula is C12H10NO4PS. The summed E-state index contributed by atoms with van der Waals surface area (Å²) in [5, 5.41) is 11.0. The van der Waals surface area contributed by atoms with Gasteiger partial charge < -0.3 is 4.52 Å². The number of nitro benzene ring substituents is 1. The van der Waals surface area contributed by atoms with Gasteiger partial charge in [0.1, 0.15) is 5.75 Å². The minimum absolute atomic E-state index is 0.0546. The minimum Gasteiger partial charge on any atom is -0.433 e. The Morgan fingerprint density at radius 1 is 1.05 bits per heavy atom. The van der Waals surface area contributed by atoms with Gasteiger partial charge in [0.05, 0.1) is 10.2 Å². The van der Waals surface area contributed by atoms with Crippen molar-refractivity contribution in [2.75, 3.05) is 0 Å². The van der Waals surface area contributed by atoms with Crippen LogP contribution in [0, 0.1) is 10.1 Å². The summed E-state index contributed by atoms with van der Waals surface area (Å²) in [5.41, 5.74) is -0.0546. The van der Waals surface area contributed by atoms with Crippen molar-refractivity contribution in [1.82, 2.24) is 0 Å². The number of hydrogen-bond donors (Lipinski definition) is 1. The molecule has 0 N–H and O–H groups in total. The SMILES string of the molecule is O=[N+]([O-])c1ccc(OP(=O)(S)c2ccccc2)cc1. The lowest BCUT2D eigenvalue weighted by molar-refractivity contribution is -0.384. The first-order valence-corrected chi connectivity index (χ1v) is 8.09. The van der Waals surface area contributed by atoms with Gasteiger partial charge in [0.25, 0.3) is 5.69 Å². The molecule has 0 spiro atoms. The monoisotopic (exact) mass is 295 g/mol. The van der Waals surface area contributed by atoms with Gasteiger partial charge in [-0.05, 0) is 24.3 Å². The summed E-state index contributed by atoms with van der Waals surface area (Å²) >= 11 is 4.05. The first-order valence-electron chi connectivity index (χ1n) is 5.31. The van der Waals surface area contributed by atoms with E-state index >= 15 is 0 Å². The van der Waals surface area contributed by atoms with E-state index < -0.39 is 11.5 Å². The van der Waals surface area contributed by atoms with Gasteiger partial charge in [-0.3, -0.25) is 14.7 Å². The molecule has 2 aromatic carbocycles. The van der Waals surface area contributed by atoms with Gasteiger partial charge in [0, 0.05) is 12.1 Å². The molecule has 0 fully saturated rings. The summed E-state index contributed by atoms with van der Waals surface area (Å²) in [6, 6.07) is 13.9. The van der Waals surface area contributed by atoms with Crippen LogP contribution in [0.15, 0.2) is 54.6 Å². The molecule has 0 aromatic heterocycles. The topological polar surface area (TPSA) is 69.4 Å². The average Bonchev–Trinajstić information content (AvgIpc) is 2.40. The molecule has 2 rings (SSSR count). The van der Waals surface area contributed by atoms with Crippen LogP contribution in [0.4, 0.5) is 5.69 Å². The summed E-state index contributed by atoms with van der Waals surface area (Å²) in [7, 11) is 0. The lowest BCUT2D eigenvalue weighted by Gasteiger charge is -2.13. The summed E-state index contributed by atoms with van der Waals surface area (Å²) in [6.45, 7) is -3.28. The molecule has 0 saturated carbocycles. The molecule has 0 radical (unpaired) electrons. The highest BCUT2D eigenvalue weighted by atomic mass is 32.7. The van der Waals surface area contributed by atoms with Gasteiger partial charge >= 0.3 is 6.57 Å². The highest BCUT2D eigenvalue weighted by Gasteiger charge is 2.22. The summed E-state index contributed by atoms with van der Waals surface area (Å²) in [6.07, 6.45) is 0. The molecular weight excluding hydrogens is 285 g/mol. The summed E-state index contributed by atoms with van der Waals surface area (Å²) in [4.78, 5) is 10.0. The predicted molar refractivity (Wildman–Crippen MR) is 76.4 cm³/mol. The van der Waals surface area contributed by atoms with Gasteiger partial charge in [0.2, 0.25) is 0 Å². The van der Waals surface area contributed by atoms with Crippen LogP contribution < -0.4 is 9.83 Å². The zero-order chi connectivity index (χ0) is 13.9. The molecule has 2 aromatic rings. The van der Waals surface area contributed by atoms with E-state index in [2.05, 4.69) is 12.2 Å². The van der Waals surface area contributed by atoms with Gasteiger partial charge in [-0.15, -0.1) is 0 Å². The van der Waals surface area contributed by atoms with Gasteiger partial charge in [-0.25, -0.2) is 0 Å². The number of hydrogen-bond acceptors (Lipinski definition) is 4. The molecule has 1 atom stereocenters. The number of nitrogens with zero attached hydrogens (tertiary/aromatic N) is 1. The normalized spacial score (nSPS) is 13.5. The number of thiol groups is 1. The minimum atomic E-state index is -3.28. The lowest BCUT2D eigenvalue weighted by atomic mass is 10.3. The van der Waals surface area contributed by atoms with Crippen molar-refractivity contribution < 1.29 is 14.0 Å². The van der Waals surface area contributed by atoms with E-state index in [1.165, 1.54) is 24.3 Å². The molecule has 0 aliphatic rings. The molecule has 0 aliphatic carbocycles. The molecule has 0 aliphatic heterocycles. The standard InChI is InChI=1S/C12H10NO4PS/c14-13(15)10-6-8-11(9-7-10)17-18(16,19)12-4-2-1-3-5-12/h1-9H,(H,16,19). The Bertz CT molecular complexity index is 630. The van der Waals surface area contributed by atoms with Crippen LogP contribution in [0.1, 0.15) is 0 Å². The number of non-ortho nitro benzene ring substituents is 1. The molecule has 0 bridgehead atoms. The van der Waals surface area contributed by atoms with Crippen molar-refractivity contribution in [3.8, 4) is 5.75 Å². The van der Waals surface area contributed by atoms with Crippen LogP contribution in [0.2, 0.25) is 0 Å². The molecule has 5 nitrogen and oxygen atoms in total. The predicted octanol–water partition coefficient (Wildman–Crippen LogP) is 3.42. The second-order valence-electron chi connectivity index (χ2n) is 3.70. The molecule has 19 heavy (non-hydrogen) atoms. The van der Waals surface area contributed by atoms with E-state index in [1.807, 2.05) is 0 Å². The van der Waals surface area contributed by atoms with Crippen molar-refractivity contribution in [2.24, 2.45) is 0 Å². The Morgan fingerprint density at radius 2 is 1.63 bits per heavy atom. The quantitative estimate of drug-likeness (QED) is 0.406. The number of benzene rings is 2. The Balaban J connectivity index is 2.21. The Labute approximate surface area is 115 Å². The maximum atomic E-state index is 12.3. The fourth-order valence-corrected chi connectivity index (χ4v) is 3.19. The smallest absolute Gasteiger partial charge is 0.330 e. The van der Waals surface area contributed by atoms with Gasteiger partial charge in [-0.1, -0.05) is 30.4 Å². The first kappa shape index (κ1) is 13.6. The van der Waals surface area contributed by atoms with Crippen molar-refractivity contribution in [2.45, 2.75) is 0 Å². The highest BCUT2D eigenvalue weighted by Crippen LogP contribution is 2.50. The second kappa shape index (κ2) is 5.47. The maximum absolute atomic E-state index is 12.3. The fourth-order valence-electron chi connectivity index (χ4n) is 1.44. The zero-order valence-corrected chi connectivity index (χ0v) is 11.5. The van der Waals surface area contributed by atoms with Crippen molar-refractivity contribution in [3.05, 3.63) is 64.7 Å². The first-order chi connectivity index (χ1) is 8.99. The fraction of sp³-hybridized carbons (Fsp3) is 0. The Morgan fingerprint density at radius 3 is 2.16 bits per heavy atom. The van der Waals surface area contributed by atoms with Gasteiger partial charge in [-0.2, -0.15) is 0 Å². The van der Waals surface area contributed by atoms with E-state index in [4.69, 9.17) is 4.52 Å². The summed E-state index contributed by atoms with van der Waals surface area (Å²) in [5.74, 6) is 0.271. The highest BCUT2D eigenvalue weighted by molar-refractivity contribution is 8.49. The largest absolute Gasteiger partial charge is 0.433 e. The maximum Gasteiger partial charge on any atom is 0.330 e. The van der Waals surface area contributed by atoms with E-state index in [0.29, 0.717) is 5.30 Å². The van der Waals surface area contributed by atoms with Crippen LogP contribution in [0.3, 0.4) is 0 Å². The van der Waals surface area contributed by atoms with Crippen LogP contribution in [0.25, 0.3) is 0 Å². The third-order valence-electron chi connectivity index (χ3n) is 2.36. The molecule has 0 heterocycles. The van der Waals surface area contributed by atoms with Crippen molar-refractivity contribution in [3.63, 3.8) is 0 Å². The molecule has 0 amide bonds. The molecule has 0 saturated heterocycles. The lowest BCUT2D eigenvalue weighted by Crippen LogP contribution is -2.04. The van der Waals surface area contributed by atoms with E-state index in [0.717, 1.165) is 0 Å². The average molecular weight is 295 g/mol. The molecule has 7 heteroatoms. The Kier molecular flexibility index (Phi) is 3.93. The number of rotatable bonds is 4. The zero-order valence-electron chi connectivity index (χ0n) is 9.67. The van der Waals surface area contributed by atoms with E-state index in [-0.39, 0.29) is 11.4 Å². The van der Waals surface area contributed by atoms with E-state index in [1.54, 1.807) is 30.3 Å². The third kappa shape index (κ3) is 3.36. The third-order valence-corrected chi connectivity index (χ3v) is 4.71. The molecule has 98 valence electrons. The second-order valence-corrected chi connectivity index (χ2v) is 7.02. The van der Waals surface area contributed by atoms with Crippen molar-refractivity contribution in [1.29, 1.82) is 0 Å². The van der Waals surface area contributed by atoms with Crippen molar-refractivity contribution >= 4 is 29.8 Å². The molecule has 1 unspecified atom stereocenters. The van der Waals surface area contributed by atoms with Crippen LogP contribution in [-0.2, 0) is 4.57 Å². The summed E-state index contributed by atoms with van der Waals surface area (Å²) < 4.78 is 17.6. The van der Waals surface area contributed by atoms with E-state index in [9.17, 15) is 14.7 Å². The van der Waals surface area contributed by atoms with Crippen LogP contribution >= 0.6 is 18.8 Å². The van der Waals surface area contributed by atoms with Gasteiger partial charge in [0.15, 0.2) is 0 Å². The van der Waals surface area contributed by atoms with Crippen LogP contribution in [-0.4, -0.2) is 4.92 Å². The number of nitro groups is 1.